The van der Waals surface area contributed by atoms with Gasteiger partial charge in [0.2, 0.25) is 0 Å². The van der Waals surface area contributed by atoms with Gasteiger partial charge in [0.1, 0.15) is 0 Å². The van der Waals surface area contributed by atoms with Gasteiger partial charge in [0.05, 0.1) is 0 Å². The lowest BCUT2D eigenvalue weighted by molar-refractivity contribution is 0.138. The van der Waals surface area contributed by atoms with Crippen LogP contribution in [-0.4, -0.2) is 0 Å². The highest BCUT2D eigenvalue weighted by Crippen LogP contribution is 2.68. The molecule has 3 fully saturated rings. The summed E-state index contributed by atoms with van der Waals surface area (Å²) in [6.45, 7) is 2.28. The molecule has 3 saturated carbocycles. The van der Waals surface area contributed by atoms with Crippen molar-refractivity contribution in [3.8, 4) is 0 Å². The monoisotopic (exact) mass is 322 g/mol. The SMILES string of the molecule is CCCC12CCC(C1)C1CC(Cc3cc(F)c(F)c(F)c3)CC12. The van der Waals surface area contributed by atoms with E-state index in [2.05, 4.69) is 6.92 Å². The number of fused-ring (bicyclic) bond motifs is 5. The molecule has 0 aromatic heterocycles. The Labute approximate surface area is 136 Å². The first-order valence-corrected chi connectivity index (χ1v) is 9.16. The van der Waals surface area contributed by atoms with E-state index in [0.717, 1.165) is 17.8 Å². The molecule has 0 saturated heterocycles. The lowest BCUT2D eigenvalue weighted by Gasteiger charge is -2.36. The van der Waals surface area contributed by atoms with Gasteiger partial charge in [-0.15, -0.1) is 0 Å². The van der Waals surface area contributed by atoms with E-state index < -0.39 is 17.5 Å². The Hall–Kier alpha value is -0.990. The highest BCUT2D eigenvalue weighted by Gasteiger charge is 2.59. The van der Waals surface area contributed by atoms with Crippen LogP contribution in [0.5, 0.6) is 0 Å². The number of hydrogen-bond donors (Lipinski definition) is 0. The van der Waals surface area contributed by atoms with Gasteiger partial charge in [0, 0.05) is 0 Å². The Balaban J connectivity index is 1.49. The molecule has 3 aliphatic carbocycles. The summed E-state index contributed by atoms with van der Waals surface area (Å²) in [6, 6.07) is 2.37. The van der Waals surface area contributed by atoms with Gasteiger partial charge < -0.3 is 0 Å². The standard InChI is InChI=1S/C20H25F3/c1-2-4-20-5-3-14(11-20)15-7-12(8-16(15)20)6-13-9-17(21)19(23)18(22)10-13/h9-10,12,14-16H,2-8,11H2,1H3. The van der Waals surface area contributed by atoms with E-state index in [1.807, 2.05) is 0 Å². The zero-order valence-electron chi connectivity index (χ0n) is 13.8. The molecule has 126 valence electrons. The molecule has 0 amide bonds. The number of benzene rings is 1. The van der Waals surface area contributed by atoms with Crippen LogP contribution in [-0.2, 0) is 6.42 Å². The maximum absolute atomic E-state index is 13.4. The highest BCUT2D eigenvalue weighted by atomic mass is 19.2. The Bertz CT molecular complexity index is 588. The molecule has 3 aliphatic rings. The van der Waals surface area contributed by atoms with Gasteiger partial charge in [0.15, 0.2) is 17.5 Å². The van der Waals surface area contributed by atoms with Gasteiger partial charge >= 0.3 is 0 Å². The van der Waals surface area contributed by atoms with E-state index >= 15 is 0 Å². The Morgan fingerprint density at radius 3 is 2.57 bits per heavy atom. The largest absolute Gasteiger partial charge is 0.204 e. The predicted molar refractivity (Wildman–Crippen MR) is 84.4 cm³/mol. The molecule has 5 unspecified atom stereocenters. The van der Waals surface area contributed by atoms with Crippen LogP contribution in [0.25, 0.3) is 0 Å². The van der Waals surface area contributed by atoms with E-state index in [0.29, 0.717) is 23.3 Å². The first-order chi connectivity index (χ1) is 11.0. The summed E-state index contributed by atoms with van der Waals surface area (Å²) in [5.41, 5.74) is 1.18. The molecule has 1 aromatic rings. The van der Waals surface area contributed by atoms with Crippen molar-refractivity contribution in [2.24, 2.45) is 29.1 Å². The normalized spacial score (nSPS) is 38.3. The molecule has 4 rings (SSSR count). The van der Waals surface area contributed by atoms with Crippen molar-refractivity contribution in [2.45, 2.75) is 58.3 Å². The smallest absolute Gasteiger partial charge is 0.194 e. The first-order valence-electron chi connectivity index (χ1n) is 9.16. The van der Waals surface area contributed by atoms with Crippen LogP contribution in [0.4, 0.5) is 13.2 Å². The van der Waals surface area contributed by atoms with Gasteiger partial charge in [-0.05, 0) is 91.7 Å². The third kappa shape index (κ3) is 2.42. The third-order valence-corrected chi connectivity index (χ3v) is 7.10. The van der Waals surface area contributed by atoms with Crippen LogP contribution < -0.4 is 0 Å². The lowest BCUT2D eigenvalue weighted by atomic mass is 9.69. The number of halogens is 3. The van der Waals surface area contributed by atoms with Crippen LogP contribution in [0.1, 0.15) is 57.4 Å². The summed E-state index contributed by atoms with van der Waals surface area (Å²) in [4.78, 5) is 0. The minimum absolute atomic E-state index is 0.506. The van der Waals surface area contributed by atoms with Crippen molar-refractivity contribution in [1.82, 2.24) is 0 Å². The second kappa shape index (κ2) is 5.53. The van der Waals surface area contributed by atoms with Gasteiger partial charge in [-0.2, -0.15) is 0 Å². The molecule has 0 aliphatic heterocycles. The number of rotatable bonds is 4. The van der Waals surface area contributed by atoms with Crippen molar-refractivity contribution in [1.29, 1.82) is 0 Å². The average Bonchev–Trinajstić information content (AvgIpc) is 3.16. The van der Waals surface area contributed by atoms with E-state index in [-0.39, 0.29) is 0 Å². The molecule has 2 bridgehead atoms. The topological polar surface area (TPSA) is 0 Å². The molecule has 0 heterocycles. The molecule has 0 nitrogen and oxygen atoms in total. The second-order valence-electron chi connectivity index (χ2n) is 8.30. The minimum atomic E-state index is -1.35. The molecule has 0 radical (unpaired) electrons. The van der Waals surface area contributed by atoms with Crippen molar-refractivity contribution in [3.63, 3.8) is 0 Å². The lowest BCUT2D eigenvalue weighted by Crippen LogP contribution is -2.27. The van der Waals surface area contributed by atoms with Crippen LogP contribution in [0.2, 0.25) is 0 Å². The summed E-state index contributed by atoms with van der Waals surface area (Å²) >= 11 is 0. The summed E-state index contributed by atoms with van der Waals surface area (Å²) in [6.07, 6.45) is 9.88. The van der Waals surface area contributed by atoms with E-state index in [1.54, 1.807) is 0 Å². The van der Waals surface area contributed by atoms with Crippen molar-refractivity contribution >= 4 is 0 Å². The maximum atomic E-state index is 13.4. The zero-order chi connectivity index (χ0) is 16.2. The van der Waals surface area contributed by atoms with Crippen molar-refractivity contribution in [2.75, 3.05) is 0 Å². The van der Waals surface area contributed by atoms with Crippen LogP contribution in [0.3, 0.4) is 0 Å². The van der Waals surface area contributed by atoms with Crippen LogP contribution >= 0.6 is 0 Å². The Kier molecular flexibility index (Phi) is 3.73. The molecule has 0 N–H and O–H groups in total. The third-order valence-electron chi connectivity index (χ3n) is 7.10. The fourth-order valence-electron chi connectivity index (χ4n) is 6.44. The predicted octanol–water partition coefficient (Wildman–Crippen LogP) is 5.89. The summed E-state index contributed by atoms with van der Waals surface area (Å²) in [5, 5.41) is 0. The molecular formula is C20H25F3. The fourth-order valence-corrected chi connectivity index (χ4v) is 6.44. The molecular weight excluding hydrogens is 297 g/mol. The van der Waals surface area contributed by atoms with Crippen LogP contribution in [0.15, 0.2) is 12.1 Å². The number of hydrogen-bond acceptors (Lipinski definition) is 0. The van der Waals surface area contributed by atoms with Crippen molar-refractivity contribution < 1.29 is 13.2 Å². The first kappa shape index (κ1) is 15.5. The zero-order valence-corrected chi connectivity index (χ0v) is 13.8. The highest BCUT2D eigenvalue weighted by molar-refractivity contribution is 5.21. The van der Waals surface area contributed by atoms with Gasteiger partial charge in [-0.25, -0.2) is 13.2 Å². The summed E-state index contributed by atoms with van der Waals surface area (Å²) < 4.78 is 40.0. The molecule has 23 heavy (non-hydrogen) atoms. The summed E-state index contributed by atoms with van der Waals surface area (Å²) in [7, 11) is 0. The van der Waals surface area contributed by atoms with E-state index in [9.17, 15) is 13.2 Å². The average molecular weight is 322 g/mol. The molecule has 5 atom stereocenters. The molecule has 3 heteroatoms. The molecule has 0 spiro atoms. The van der Waals surface area contributed by atoms with Gasteiger partial charge in [-0.1, -0.05) is 13.3 Å². The van der Waals surface area contributed by atoms with E-state index in [1.165, 1.54) is 57.1 Å². The van der Waals surface area contributed by atoms with Gasteiger partial charge in [-0.3, -0.25) is 0 Å². The quantitative estimate of drug-likeness (QED) is 0.606. The van der Waals surface area contributed by atoms with Gasteiger partial charge in [0.25, 0.3) is 0 Å². The van der Waals surface area contributed by atoms with E-state index in [4.69, 9.17) is 0 Å². The fraction of sp³-hybridized carbons (Fsp3) is 0.700. The summed E-state index contributed by atoms with van der Waals surface area (Å²) in [5.74, 6) is -0.417. The second-order valence-corrected chi connectivity index (χ2v) is 8.30. The molecule has 1 aromatic carbocycles. The van der Waals surface area contributed by atoms with Crippen molar-refractivity contribution in [3.05, 3.63) is 35.1 Å². The Morgan fingerprint density at radius 1 is 1.13 bits per heavy atom. The minimum Gasteiger partial charge on any atom is -0.204 e. The maximum Gasteiger partial charge on any atom is 0.194 e. The van der Waals surface area contributed by atoms with Crippen LogP contribution in [0, 0.1) is 46.5 Å². The Morgan fingerprint density at radius 2 is 1.87 bits per heavy atom.